The Morgan fingerprint density at radius 2 is 1.66 bits per heavy atom. The molecule has 0 radical (unpaired) electrons. The van der Waals surface area contributed by atoms with Crippen molar-refractivity contribution in [1.29, 1.82) is 0 Å². The number of rotatable bonds is 9. The normalized spacial score (nSPS) is 12.0. The Kier molecular flexibility index (Phi) is 9.35. The molecule has 0 spiro atoms. The van der Waals surface area contributed by atoms with E-state index in [0.29, 0.717) is 17.2 Å². The molecule has 0 saturated carbocycles. The van der Waals surface area contributed by atoms with E-state index < -0.39 is 11.6 Å². The minimum atomic E-state index is -0.726. The lowest BCUT2D eigenvalue weighted by atomic mass is 10.0. The monoisotopic (exact) mass is 556 g/mol. The van der Waals surface area contributed by atoms with Gasteiger partial charge in [-0.05, 0) is 62.2 Å². The minimum Gasteiger partial charge on any atom is -0.484 e. The zero-order valence-electron chi connectivity index (χ0n) is 20.1. The molecule has 35 heavy (non-hydrogen) atoms. The molecule has 2 amide bonds. The van der Waals surface area contributed by atoms with Crippen LogP contribution in [0, 0.1) is 0 Å². The van der Waals surface area contributed by atoms with Crippen LogP contribution in [0.3, 0.4) is 0 Å². The van der Waals surface area contributed by atoms with E-state index >= 15 is 0 Å². The van der Waals surface area contributed by atoms with Crippen LogP contribution in [-0.4, -0.2) is 34.9 Å². The van der Waals surface area contributed by atoms with Crippen LogP contribution >= 0.6 is 27.5 Å². The van der Waals surface area contributed by atoms with Gasteiger partial charge in [-0.1, -0.05) is 76.1 Å². The summed E-state index contributed by atoms with van der Waals surface area (Å²) in [4.78, 5) is 28.7. The first-order chi connectivity index (χ1) is 16.6. The summed E-state index contributed by atoms with van der Waals surface area (Å²) in [6.07, 6.45) is 0.377. The maximum Gasteiger partial charge on any atom is 0.261 e. The van der Waals surface area contributed by atoms with Gasteiger partial charge in [0.15, 0.2) is 6.61 Å². The third-order valence-electron chi connectivity index (χ3n) is 5.19. The van der Waals surface area contributed by atoms with Crippen LogP contribution in [0.4, 0.5) is 0 Å². The second-order valence-corrected chi connectivity index (χ2v) is 10.7. The van der Waals surface area contributed by atoms with Gasteiger partial charge < -0.3 is 15.0 Å². The molecule has 0 saturated heterocycles. The fourth-order valence-corrected chi connectivity index (χ4v) is 4.02. The van der Waals surface area contributed by atoms with Gasteiger partial charge in [0, 0.05) is 28.0 Å². The molecular formula is C28H30BrClN2O3. The Morgan fingerprint density at radius 3 is 2.29 bits per heavy atom. The van der Waals surface area contributed by atoms with Crippen LogP contribution in [0.2, 0.25) is 5.02 Å². The van der Waals surface area contributed by atoms with Crippen molar-refractivity contribution in [1.82, 2.24) is 10.2 Å². The molecule has 3 aromatic carbocycles. The van der Waals surface area contributed by atoms with Gasteiger partial charge in [-0.3, -0.25) is 9.59 Å². The average molecular weight is 558 g/mol. The molecule has 0 bridgehead atoms. The number of nitrogens with zero attached hydrogens (tertiary/aromatic N) is 1. The van der Waals surface area contributed by atoms with E-state index in [1.165, 1.54) is 0 Å². The van der Waals surface area contributed by atoms with Gasteiger partial charge in [0.25, 0.3) is 5.91 Å². The number of hydrogen-bond donors (Lipinski definition) is 1. The van der Waals surface area contributed by atoms with Crippen LogP contribution in [-0.2, 0) is 22.6 Å². The van der Waals surface area contributed by atoms with E-state index in [9.17, 15) is 9.59 Å². The number of halogens is 2. The molecule has 1 atom stereocenters. The van der Waals surface area contributed by atoms with E-state index in [-0.39, 0.29) is 25.0 Å². The lowest BCUT2D eigenvalue weighted by molar-refractivity contribution is -0.143. The third-order valence-corrected chi connectivity index (χ3v) is 5.96. The number of amides is 2. The largest absolute Gasteiger partial charge is 0.484 e. The molecule has 0 aliphatic rings. The van der Waals surface area contributed by atoms with Crippen molar-refractivity contribution in [3.63, 3.8) is 0 Å². The van der Waals surface area contributed by atoms with Crippen molar-refractivity contribution >= 4 is 39.3 Å². The molecule has 184 valence electrons. The van der Waals surface area contributed by atoms with E-state index in [2.05, 4.69) is 21.2 Å². The Morgan fingerprint density at radius 1 is 0.971 bits per heavy atom. The van der Waals surface area contributed by atoms with Crippen molar-refractivity contribution in [2.75, 3.05) is 6.61 Å². The predicted octanol–water partition coefficient (Wildman–Crippen LogP) is 6.04. The lowest BCUT2D eigenvalue weighted by Crippen LogP contribution is -2.55. The van der Waals surface area contributed by atoms with Gasteiger partial charge in [0.1, 0.15) is 11.8 Å². The van der Waals surface area contributed by atoms with Gasteiger partial charge in [0.05, 0.1) is 0 Å². The molecule has 3 aromatic rings. The summed E-state index contributed by atoms with van der Waals surface area (Å²) in [5, 5.41) is 3.57. The maximum absolute atomic E-state index is 13.6. The zero-order valence-corrected chi connectivity index (χ0v) is 22.5. The molecule has 0 fully saturated rings. The van der Waals surface area contributed by atoms with Crippen LogP contribution in [0.15, 0.2) is 83.3 Å². The number of ether oxygens (including phenoxy) is 1. The number of nitrogens with one attached hydrogen (secondary N) is 1. The first kappa shape index (κ1) is 26.8. The Balaban J connectivity index is 1.92. The SMILES string of the molecule is CC(C)(C)NC(=O)[C@H](Cc1ccccc1)N(Cc1ccc(Br)cc1)C(=O)COc1cccc(Cl)c1. The highest BCUT2D eigenvalue weighted by atomic mass is 79.9. The van der Waals surface area contributed by atoms with Crippen molar-refractivity contribution in [2.45, 2.75) is 45.3 Å². The second-order valence-electron chi connectivity index (χ2n) is 9.34. The Hall–Kier alpha value is -2.83. The fraction of sp³-hybridized carbons (Fsp3) is 0.286. The summed E-state index contributed by atoms with van der Waals surface area (Å²) >= 11 is 9.51. The summed E-state index contributed by atoms with van der Waals surface area (Å²) in [7, 11) is 0. The fourth-order valence-electron chi connectivity index (χ4n) is 3.58. The standard InChI is InChI=1S/C28H30BrClN2O3/c1-28(2,3)31-27(34)25(16-20-8-5-4-6-9-20)32(18-21-12-14-22(29)15-13-21)26(33)19-35-24-11-7-10-23(30)17-24/h4-15,17,25H,16,18-19H2,1-3H3,(H,31,34)/t25-/m0/s1. The van der Waals surface area contributed by atoms with Crippen molar-refractivity contribution in [3.05, 3.63) is 99.5 Å². The van der Waals surface area contributed by atoms with E-state index in [1.807, 2.05) is 75.4 Å². The lowest BCUT2D eigenvalue weighted by Gasteiger charge is -2.33. The van der Waals surface area contributed by atoms with E-state index in [0.717, 1.165) is 15.6 Å². The van der Waals surface area contributed by atoms with Gasteiger partial charge in [0.2, 0.25) is 5.91 Å². The molecule has 7 heteroatoms. The summed E-state index contributed by atoms with van der Waals surface area (Å²) in [5.74, 6) is -0.0133. The van der Waals surface area contributed by atoms with Crippen LogP contribution < -0.4 is 10.1 Å². The van der Waals surface area contributed by atoms with Gasteiger partial charge in [-0.25, -0.2) is 0 Å². The van der Waals surface area contributed by atoms with Gasteiger partial charge in [-0.2, -0.15) is 0 Å². The van der Waals surface area contributed by atoms with Crippen LogP contribution in [0.5, 0.6) is 5.75 Å². The van der Waals surface area contributed by atoms with Gasteiger partial charge >= 0.3 is 0 Å². The molecule has 5 nitrogen and oxygen atoms in total. The predicted molar refractivity (Wildman–Crippen MR) is 143 cm³/mol. The molecule has 0 unspecified atom stereocenters. The quantitative estimate of drug-likeness (QED) is 0.349. The molecule has 0 aromatic heterocycles. The van der Waals surface area contributed by atoms with Gasteiger partial charge in [-0.15, -0.1) is 0 Å². The first-order valence-corrected chi connectivity index (χ1v) is 12.6. The van der Waals surface area contributed by atoms with Crippen molar-refractivity contribution in [3.8, 4) is 5.75 Å². The highest BCUT2D eigenvalue weighted by Gasteiger charge is 2.32. The Bertz CT molecular complexity index is 1130. The highest BCUT2D eigenvalue weighted by molar-refractivity contribution is 9.10. The summed E-state index contributed by atoms with van der Waals surface area (Å²) < 4.78 is 6.69. The molecule has 0 heterocycles. The topological polar surface area (TPSA) is 58.6 Å². The van der Waals surface area contributed by atoms with E-state index in [1.54, 1.807) is 29.2 Å². The number of carbonyl (C=O) groups is 2. The molecule has 1 N–H and O–H groups in total. The molecule has 0 aliphatic heterocycles. The smallest absolute Gasteiger partial charge is 0.261 e. The maximum atomic E-state index is 13.6. The third kappa shape index (κ3) is 8.71. The molecule has 0 aliphatic carbocycles. The van der Waals surface area contributed by atoms with E-state index in [4.69, 9.17) is 16.3 Å². The molecule has 3 rings (SSSR count). The Labute approximate surface area is 220 Å². The molecular weight excluding hydrogens is 528 g/mol. The average Bonchev–Trinajstić information content (AvgIpc) is 2.80. The second kappa shape index (κ2) is 12.2. The summed E-state index contributed by atoms with van der Waals surface area (Å²) in [6.45, 7) is 5.82. The van der Waals surface area contributed by atoms with Crippen LogP contribution in [0.1, 0.15) is 31.9 Å². The summed E-state index contributed by atoms with van der Waals surface area (Å²) in [6, 6.07) is 23.6. The minimum absolute atomic E-state index is 0.213. The van der Waals surface area contributed by atoms with Crippen molar-refractivity contribution < 1.29 is 14.3 Å². The number of hydrogen-bond acceptors (Lipinski definition) is 3. The van der Waals surface area contributed by atoms with Crippen molar-refractivity contribution in [2.24, 2.45) is 0 Å². The first-order valence-electron chi connectivity index (χ1n) is 11.4. The highest BCUT2D eigenvalue weighted by Crippen LogP contribution is 2.20. The number of benzene rings is 3. The zero-order chi connectivity index (χ0) is 25.4. The van der Waals surface area contributed by atoms with Crippen LogP contribution in [0.25, 0.3) is 0 Å². The number of carbonyl (C=O) groups excluding carboxylic acids is 2. The summed E-state index contributed by atoms with van der Waals surface area (Å²) in [5.41, 5.74) is 1.42.